The van der Waals surface area contributed by atoms with E-state index in [1.54, 1.807) is 0 Å². The Bertz CT molecular complexity index is 2910. The lowest BCUT2D eigenvalue weighted by molar-refractivity contribution is 0.660. The first kappa shape index (κ1) is 32.3. The van der Waals surface area contributed by atoms with Gasteiger partial charge in [-0.2, -0.15) is 0 Å². The second-order valence-corrected chi connectivity index (χ2v) is 16.8. The smallest absolute Gasteiger partial charge is 0.0468 e. The summed E-state index contributed by atoms with van der Waals surface area (Å²) in [5.74, 6) is 0. The van der Waals surface area contributed by atoms with Gasteiger partial charge in [0.05, 0.1) is 0 Å². The van der Waals surface area contributed by atoms with Gasteiger partial charge in [0, 0.05) is 32.6 Å². The summed E-state index contributed by atoms with van der Waals surface area (Å²) in [7, 11) is 0. The van der Waals surface area contributed by atoms with E-state index in [-0.39, 0.29) is 5.41 Å². The van der Waals surface area contributed by atoms with Crippen LogP contribution in [-0.4, -0.2) is 5.25 Å². The van der Waals surface area contributed by atoms with Crippen LogP contribution in [0.3, 0.4) is 0 Å². The van der Waals surface area contributed by atoms with Crippen molar-refractivity contribution >= 4 is 55.9 Å². The first-order valence-electron chi connectivity index (χ1n) is 19.4. The molecule has 0 fully saturated rings. The topological polar surface area (TPSA) is 3.24 Å². The summed E-state index contributed by atoms with van der Waals surface area (Å²) in [6.07, 6.45) is 7.93. The minimum absolute atomic E-state index is 0.0892. The van der Waals surface area contributed by atoms with Crippen molar-refractivity contribution in [2.24, 2.45) is 0 Å². The van der Waals surface area contributed by atoms with Gasteiger partial charge in [0.1, 0.15) is 0 Å². The van der Waals surface area contributed by atoms with Crippen molar-refractivity contribution < 1.29 is 0 Å². The molecule has 3 aliphatic rings. The SMILES string of the molecule is CC1(C)c2ccccc2-c2ccc(N(c3ccc(-c4ccc5ccccc5c4-c4cccc5c4SC4CC=CC=C54)cc3)c3ccc4ccccc4c3)cc21. The van der Waals surface area contributed by atoms with Gasteiger partial charge in [-0.25, -0.2) is 0 Å². The highest BCUT2D eigenvalue weighted by Crippen LogP contribution is 2.54. The molecule has 2 aliphatic carbocycles. The molecule has 262 valence electrons. The van der Waals surface area contributed by atoms with Crippen LogP contribution in [0.2, 0.25) is 0 Å². The summed E-state index contributed by atoms with van der Waals surface area (Å²) in [6, 6.07) is 61.1. The Morgan fingerprint density at radius 3 is 2.07 bits per heavy atom. The average molecular weight is 722 g/mol. The van der Waals surface area contributed by atoms with E-state index in [0.717, 1.165) is 23.5 Å². The average Bonchev–Trinajstić information content (AvgIpc) is 3.73. The fourth-order valence-electron chi connectivity index (χ4n) is 9.40. The molecule has 2 heteroatoms. The Balaban J connectivity index is 1.06. The van der Waals surface area contributed by atoms with E-state index in [1.165, 1.54) is 82.1 Å². The highest BCUT2D eigenvalue weighted by atomic mass is 32.2. The molecule has 1 atom stereocenters. The summed E-state index contributed by atoms with van der Waals surface area (Å²) in [6.45, 7) is 4.72. The second-order valence-electron chi connectivity index (χ2n) is 15.6. The van der Waals surface area contributed by atoms with E-state index < -0.39 is 0 Å². The Morgan fingerprint density at radius 2 is 1.18 bits per heavy atom. The Hall–Kier alpha value is -6.09. The van der Waals surface area contributed by atoms with Crippen LogP contribution in [0, 0.1) is 0 Å². The van der Waals surface area contributed by atoms with Crippen molar-refractivity contribution in [1.82, 2.24) is 0 Å². The van der Waals surface area contributed by atoms with Crippen molar-refractivity contribution in [2.75, 3.05) is 4.90 Å². The molecule has 8 aromatic rings. The van der Waals surface area contributed by atoms with E-state index in [2.05, 4.69) is 201 Å². The van der Waals surface area contributed by atoms with E-state index in [4.69, 9.17) is 0 Å². The second kappa shape index (κ2) is 12.5. The summed E-state index contributed by atoms with van der Waals surface area (Å²) >= 11 is 2.03. The Kier molecular flexibility index (Phi) is 7.34. The molecule has 1 unspecified atom stereocenters. The van der Waals surface area contributed by atoms with Crippen LogP contribution in [0.5, 0.6) is 0 Å². The largest absolute Gasteiger partial charge is 0.310 e. The van der Waals surface area contributed by atoms with Gasteiger partial charge in [-0.3, -0.25) is 0 Å². The third-order valence-electron chi connectivity index (χ3n) is 12.1. The molecule has 0 bridgehead atoms. The molecular weight excluding hydrogens is 683 g/mol. The third kappa shape index (κ3) is 5.09. The summed E-state index contributed by atoms with van der Waals surface area (Å²) in [5, 5.41) is 5.52. The number of hydrogen-bond acceptors (Lipinski definition) is 2. The zero-order valence-corrected chi connectivity index (χ0v) is 31.8. The maximum absolute atomic E-state index is 2.43. The summed E-state index contributed by atoms with van der Waals surface area (Å²) in [4.78, 5) is 3.84. The van der Waals surface area contributed by atoms with Gasteiger partial charge in [0.25, 0.3) is 0 Å². The van der Waals surface area contributed by atoms with Crippen molar-refractivity contribution in [3.8, 4) is 33.4 Å². The molecule has 55 heavy (non-hydrogen) atoms. The molecular formula is C53H39NS. The van der Waals surface area contributed by atoms with Gasteiger partial charge in [-0.15, -0.1) is 11.8 Å². The zero-order chi connectivity index (χ0) is 36.7. The normalized spacial score (nSPS) is 16.0. The molecule has 0 saturated heterocycles. The van der Waals surface area contributed by atoms with Crippen molar-refractivity contribution in [3.05, 3.63) is 199 Å². The maximum Gasteiger partial charge on any atom is 0.0468 e. The number of anilines is 3. The van der Waals surface area contributed by atoms with E-state index in [1.807, 2.05) is 11.8 Å². The van der Waals surface area contributed by atoms with Crippen LogP contribution in [0.1, 0.15) is 37.0 Å². The lowest BCUT2D eigenvalue weighted by Gasteiger charge is -2.28. The predicted octanol–water partition coefficient (Wildman–Crippen LogP) is 14.9. The zero-order valence-electron chi connectivity index (χ0n) is 31.0. The van der Waals surface area contributed by atoms with Crippen LogP contribution in [0.15, 0.2) is 187 Å². The number of allylic oxidation sites excluding steroid dienone is 3. The number of thioether (sulfide) groups is 1. The van der Waals surface area contributed by atoms with E-state index in [0.29, 0.717) is 5.25 Å². The molecule has 8 aromatic carbocycles. The minimum atomic E-state index is -0.0892. The fraction of sp³-hybridized carbons (Fsp3) is 0.0943. The number of fused-ring (bicyclic) bond motifs is 8. The lowest BCUT2D eigenvalue weighted by atomic mass is 9.82. The quantitative estimate of drug-likeness (QED) is 0.174. The van der Waals surface area contributed by atoms with Crippen LogP contribution in [0.25, 0.3) is 60.5 Å². The van der Waals surface area contributed by atoms with Gasteiger partial charge in [-0.05, 0) is 120 Å². The number of nitrogens with zero attached hydrogens (tertiary/aromatic N) is 1. The number of hydrogen-bond donors (Lipinski definition) is 0. The van der Waals surface area contributed by atoms with Crippen LogP contribution < -0.4 is 4.90 Å². The lowest BCUT2D eigenvalue weighted by Crippen LogP contribution is -2.16. The van der Waals surface area contributed by atoms with Gasteiger partial charge < -0.3 is 4.90 Å². The predicted molar refractivity (Wildman–Crippen MR) is 236 cm³/mol. The van der Waals surface area contributed by atoms with E-state index in [9.17, 15) is 0 Å². The monoisotopic (exact) mass is 721 g/mol. The summed E-state index contributed by atoms with van der Waals surface area (Å²) in [5.41, 5.74) is 16.8. The van der Waals surface area contributed by atoms with E-state index >= 15 is 0 Å². The molecule has 1 aliphatic heterocycles. The van der Waals surface area contributed by atoms with Crippen LogP contribution in [0.4, 0.5) is 17.1 Å². The molecule has 0 saturated carbocycles. The fourth-order valence-corrected chi connectivity index (χ4v) is 10.8. The van der Waals surface area contributed by atoms with Gasteiger partial charge in [0.15, 0.2) is 0 Å². The molecule has 1 nitrogen and oxygen atoms in total. The highest BCUT2D eigenvalue weighted by Gasteiger charge is 2.36. The third-order valence-corrected chi connectivity index (χ3v) is 13.6. The number of rotatable bonds is 5. The first-order chi connectivity index (χ1) is 27.0. The molecule has 0 spiro atoms. The van der Waals surface area contributed by atoms with Crippen LogP contribution in [-0.2, 0) is 5.41 Å². The summed E-state index contributed by atoms with van der Waals surface area (Å²) < 4.78 is 0. The molecule has 11 rings (SSSR count). The van der Waals surface area contributed by atoms with Crippen molar-refractivity contribution in [3.63, 3.8) is 0 Å². The van der Waals surface area contributed by atoms with Crippen molar-refractivity contribution in [2.45, 2.75) is 35.8 Å². The number of benzene rings is 8. The highest BCUT2D eigenvalue weighted by molar-refractivity contribution is 8.01. The van der Waals surface area contributed by atoms with Gasteiger partial charge in [-0.1, -0.05) is 159 Å². The Labute approximate surface area is 327 Å². The van der Waals surface area contributed by atoms with Gasteiger partial charge >= 0.3 is 0 Å². The maximum atomic E-state index is 2.43. The van der Waals surface area contributed by atoms with Gasteiger partial charge in [0.2, 0.25) is 0 Å². The minimum Gasteiger partial charge on any atom is -0.310 e. The molecule has 0 N–H and O–H groups in total. The Morgan fingerprint density at radius 1 is 0.527 bits per heavy atom. The molecule has 0 amide bonds. The molecule has 0 aromatic heterocycles. The van der Waals surface area contributed by atoms with Crippen molar-refractivity contribution in [1.29, 1.82) is 0 Å². The van der Waals surface area contributed by atoms with Crippen LogP contribution >= 0.6 is 11.8 Å². The first-order valence-corrected chi connectivity index (χ1v) is 20.2. The molecule has 0 radical (unpaired) electrons. The molecule has 1 heterocycles. The standard InChI is InChI=1S/C53H39NS/c1-53(2)48-20-9-7-16-43(48)44-31-29-40(33-49(44)53)54(39-28-22-34-12-3-4-14-37(34)32-39)38-26-23-36(24-27-38)42-30-25-35-13-5-6-15-41(35)51(42)47-19-11-18-46-45-17-8-10-21-50(45)55-52(46)47/h3-20,22-33,50H,21H2,1-2H3.